The van der Waals surface area contributed by atoms with Crippen molar-refractivity contribution in [1.82, 2.24) is 10.2 Å². The average molecular weight is 444 g/mol. The maximum Gasteiger partial charge on any atom is 0.251 e. The summed E-state index contributed by atoms with van der Waals surface area (Å²) in [5.41, 5.74) is 3.26. The molecule has 1 aliphatic heterocycles. The molecule has 3 rings (SSSR count). The minimum Gasteiger partial charge on any atom is -0.349 e. The molecule has 2 N–H and O–H groups in total. The van der Waals surface area contributed by atoms with E-state index in [-0.39, 0.29) is 17.9 Å². The van der Waals surface area contributed by atoms with Crippen molar-refractivity contribution in [1.29, 1.82) is 0 Å². The van der Waals surface area contributed by atoms with E-state index in [4.69, 9.17) is 0 Å². The Bertz CT molecular complexity index is 1010. The summed E-state index contributed by atoms with van der Waals surface area (Å²) in [7, 11) is -3.35. The fourth-order valence-corrected chi connectivity index (χ4v) is 4.17. The second kappa shape index (κ2) is 9.96. The van der Waals surface area contributed by atoms with Gasteiger partial charge in [-0.3, -0.25) is 14.3 Å². The number of hydrogen-bond donors (Lipinski definition) is 2. The number of likely N-dealkylation sites (tertiary alicyclic amines) is 1. The van der Waals surface area contributed by atoms with Crippen molar-refractivity contribution in [3.63, 3.8) is 0 Å². The Morgan fingerprint density at radius 3 is 2.19 bits per heavy atom. The van der Waals surface area contributed by atoms with E-state index in [9.17, 15) is 18.0 Å². The molecule has 0 aliphatic carbocycles. The first-order chi connectivity index (χ1) is 14.7. The van der Waals surface area contributed by atoms with Gasteiger partial charge in [0, 0.05) is 36.8 Å². The monoisotopic (exact) mass is 443 g/mol. The summed E-state index contributed by atoms with van der Waals surface area (Å²) in [4.78, 5) is 26.9. The van der Waals surface area contributed by atoms with Crippen LogP contribution < -0.4 is 10.0 Å². The lowest BCUT2D eigenvalue weighted by Crippen LogP contribution is -2.46. The van der Waals surface area contributed by atoms with E-state index >= 15 is 0 Å². The van der Waals surface area contributed by atoms with Gasteiger partial charge < -0.3 is 10.2 Å². The molecule has 0 radical (unpaired) electrons. The molecule has 1 saturated heterocycles. The summed E-state index contributed by atoms with van der Waals surface area (Å²) >= 11 is 0. The van der Waals surface area contributed by atoms with Crippen LogP contribution in [0.5, 0.6) is 0 Å². The van der Waals surface area contributed by atoms with Gasteiger partial charge in [-0.15, -0.1) is 0 Å². The van der Waals surface area contributed by atoms with Gasteiger partial charge in [0.25, 0.3) is 5.91 Å². The molecule has 31 heavy (non-hydrogen) atoms. The first-order valence-corrected chi connectivity index (χ1v) is 12.3. The largest absolute Gasteiger partial charge is 0.349 e. The number of aryl methyl sites for hydroxylation is 2. The Morgan fingerprint density at radius 1 is 1.00 bits per heavy atom. The molecule has 2 amide bonds. The molecule has 0 saturated carbocycles. The third-order valence-electron chi connectivity index (χ3n) is 5.38. The predicted octanol–water partition coefficient (Wildman–Crippen LogP) is 2.72. The number of rotatable bonds is 7. The summed E-state index contributed by atoms with van der Waals surface area (Å²) in [5, 5.41) is 3.01. The van der Waals surface area contributed by atoms with Crippen molar-refractivity contribution >= 4 is 27.5 Å². The minimum absolute atomic E-state index is 0.0162. The van der Waals surface area contributed by atoms with E-state index in [0.29, 0.717) is 30.8 Å². The van der Waals surface area contributed by atoms with Crippen molar-refractivity contribution in [3.8, 4) is 0 Å². The van der Waals surface area contributed by atoms with Crippen molar-refractivity contribution in [2.75, 3.05) is 24.1 Å². The number of amides is 2. The molecule has 0 bridgehead atoms. The number of carbonyl (C=O) groups is 2. The number of sulfonamides is 1. The van der Waals surface area contributed by atoms with Crippen LogP contribution in [0.3, 0.4) is 0 Å². The Hall–Kier alpha value is -2.87. The number of carbonyl (C=O) groups excluding carboxylic acids is 2. The lowest BCUT2D eigenvalue weighted by atomic mass is 10.0. The molecule has 8 heteroatoms. The van der Waals surface area contributed by atoms with Gasteiger partial charge in [0.15, 0.2) is 0 Å². The van der Waals surface area contributed by atoms with Gasteiger partial charge in [-0.1, -0.05) is 29.8 Å². The number of benzene rings is 2. The fourth-order valence-electron chi connectivity index (χ4n) is 3.61. The first kappa shape index (κ1) is 22.8. The van der Waals surface area contributed by atoms with E-state index in [1.807, 2.05) is 11.8 Å². The fraction of sp³-hybridized carbons (Fsp3) is 0.391. The van der Waals surface area contributed by atoms with Gasteiger partial charge in [-0.2, -0.15) is 0 Å². The number of nitrogens with zero attached hydrogens (tertiary/aromatic N) is 1. The third-order valence-corrected chi connectivity index (χ3v) is 5.99. The Kier molecular flexibility index (Phi) is 7.33. The molecule has 1 fully saturated rings. The summed E-state index contributed by atoms with van der Waals surface area (Å²) in [5.74, 6) is -0.0469. The zero-order chi connectivity index (χ0) is 22.4. The molecule has 0 aromatic heterocycles. The molecular formula is C23H29N3O4S. The van der Waals surface area contributed by atoms with Gasteiger partial charge in [-0.05, 0) is 56.0 Å². The van der Waals surface area contributed by atoms with Gasteiger partial charge in [0.05, 0.1) is 6.26 Å². The van der Waals surface area contributed by atoms with Crippen LogP contribution in [0, 0.1) is 6.92 Å². The van der Waals surface area contributed by atoms with Crippen LogP contribution in [0.25, 0.3) is 0 Å². The number of piperidine rings is 1. The van der Waals surface area contributed by atoms with E-state index in [1.54, 1.807) is 24.3 Å². The van der Waals surface area contributed by atoms with Crippen LogP contribution in [0.1, 0.15) is 40.7 Å². The number of hydrogen-bond acceptors (Lipinski definition) is 4. The molecule has 0 spiro atoms. The van der Waals surface area contributed by atoms with Gasteiger partial charge >= 0.3 is 0 Å². The van der Waals surface area contributed by atoms with E-state index in [0.717, 1.165) is 25.5 Å². The Morgan fingerprint density at radius 2 is 1.61 bits per heavy atom. The average Bonchev–Trinajstić information content (AvgIpc) is 2.73. The smallest absolute Gasteiger partial charge is 0.251 e. The summed E-state index contributed by atoms with van der Waals surface area (Å²) in [6.07, 6.45) is 3.74. The highest BCUT2D eigenvalue weighted by molar-refractivity contribution is 7.92. The first-order valence-electron chi connectivity index (χ1n) is 10.4. The highest BCUT2D eigenvalue weighted by Crippen LogP contribution is 2.15. The van der Waals surface area contributed by atoms with Crippen molar-refractivity contribution < 1.29 is 18.0 Å². The van der Waals surface area contributed by atoms with Crippen LogP contribution >= 0.6 is 0 Å². The summed E-state index contributed by atoms with van der Waals surface area (Å²) in [6.45, 7) is 3.31. The summed E-state index contributed by atoms with van der Waals surface area (Å²) in [6, 6.07) is 14.6. The van der Waals surface area contributed by atoms with Crippen LogP contribution in [0.15, 0.2) is 48.5 Å². The van der Waals surface area contributed by atoms with Gasteiger partial charge in [0.2, 0.25) is 15.9 Å². The predicted molar refractivity (Wildman–Crippen MR) is 121 cm³/mol. The van der Waals surface area contributed by atoms with E-state index in [2.05, 4.69) is 34.3 Å². The topological polar surface area (TPSA) is 95.6 Å². The van der Waals surface area contributed by atoms with E-state index < -0.39 is 10.0 Å². The van der Waals surface area contributed by atoms with Crippen LogP contribution in [-0.2, 0) is 21.2 Å². The molecule has 2 aromatic rings. The minimum atomic E-state index is -3.35. The van der Waals surface area contributed by atoms with Gasteiger partial charge in [0.1, 0.15) is 0 Å². The number of anilines is 1. The summed E-state index contributed by atoms with van der Waals surface area (Å²) < 4.78 is 24.9. The SMILES string of the molecule is Cc1ccc(CCC(=O)N2CCC(NC(=O)c3ccc(NS(C)(=O)=O)cc3)CC2)cc1. The molecule has 0 unspecified atom stereocenters. The molecular weight excluding hydrogens is 414 g/mol. The van der Waals surface area contributed by atoms with Crippen LogP contribution in [-0.4, -0.2) is 50.5 Å². The Balaban J connectivity index is 1.43. The third kappa shape index (κ3) is 7.10. The quantitative estimate of drug-likeness (QED) is 0.688. The highest BCUT2D eigenvalue weighted by atomic mass is 32.2. The molecule has 0 atom stereocenters. The van der Waals surface area contributed by atoms with E-state index in [1.165, 1.54) is 11.1 Å². The normalized spacial score (nSPS) is 14.8. The second-order valence-corrected chi connectivity index (χ2v) is 9.81. The van der Waals surface area contributed by atoms with Crippen molar-refractivity contribution in [2.45, 2.75) is 38.6 Å². The molecule has 1 heterocycles. The van der Waals surface area contributed by atoms with Crippen LogP contribution in [0.2, 0.25) is 0 Å². The molecule has 7 nitrogen and oxygen atoms in total. The Labute approximate surface area is 183 Å². The highest BCUT2D eigenvalue weighted by Gasteiger charge is 2.24. The lowest BCUT2D eigenvalue weighted by molar-refractivity contribution is -0.132. The van der Waals surface area contributed by atoms with Crippen molar-refractivity contribution in [2.24, 2.45) is 0 Å². The second-order valence-electron chi connectivity index (χ2n) is 8.07. The standard InChI is InChI=1S/C23H29N3O4S/c1-17-3-5-18(6-4-17)7-12-22(27)26-15-13-20(14-16-26)24-23(28)19-8-10-21(11-9-19)25-31(2,29)30/h3-6,8-11,20,25H,7,12-16H2,1-2H3,(H,24,28). The lowest BCUT2D eigenvalue weighted by Gasteiger charge is -2.32. The molecule has 2 aromatic carbocycles. The zero-order valence-corrected chi connectivity index (χ0v) is 18.7. The molecule has 1 aliphatic rings. The van der Waals surface area contributed by atoms with Gasteiger partial charge in [-0.25, -0.2) is 8.42 Å². The maximum absolute atomic E-state index is 12.5. The number of nitrogens with one attached hydrogen (secondary N) is 2. The van der Waals surface area contributed by atoms with Crippen molar-refractivity contribution in [3.05, 3.63) is 65.2 Å². The zero-order valence-electron chi connectivity index (χ0n) is 17.9. The molecule has 166 valence electrons. The van der Waals surface area contributed by atoms with Crippen LogP contribution in [0.4, 0.5) is 5.69 Å². The maximum atomic E-state index is 12.5.